The van der Waals surface area contributed by atoms with E-state index in [0.717, 1.165) is 5.69 Å². The molecule has 1 aromatic carbocycles. The molecule has 0 radical (unpaired) electrons. The minimum Gasteiger partial charge on any atom is -0.394 e. The zero-order valence-electron chi connectivity index (χ0n) is 7.49. The van der Waals surface area contributed by atoms with Crippen LogP contribution in [0.25, 0.3) is 0 Å². The Balaban J connectivity index is 2.65. The average molecular weight is 176 g/mol. The summed E-state index contributed by atoms with van der Waals surface area (Å²) in [5.41, 5.74) is 1.56. The van der Waals surface area contributed by atoms with E-state index in [1.807, 2.05) is 25.1 Å². The molecule has 0 bridgehead atoms. The number of aliphatic hydroxyl groups is 1. The van der Waals surface area contributed by atoms with Crippen molar-refractivity contribution in [1.82, 2.24) is 0 Å². The fourth-order valence-electron chi connectivity index (χ4n) is 0.971. The summed E-state index contributed by atoms with van der Waals surface area (Å²) in [5, 5.41) is 20.4. The van der Waals surface area contributed by atoms with Gasteiger partial charge in [-0.25, -0.2) is 0 Å². The van der Waals surface area contributed by atoms with Crippen molar-refractivity contribution in [2.24, 2.45) is 0 Å². The Bertz CT molecular complexity index is 300. The summed E-state index contributed by atoms with van der Waals surface area (Å²) in [7, 11) is 0. The number of nitrogens with one attached hydrogen (secondary N) is 1. The smallest absolute Gasteiger partial charge is 0.0991 e. The zero-order valence-corrected chi connectivity index (χ0v) is 7.49. The van der Waals surface area contributed by atoms with Crippen LogP contribution in [0.5, 0.6) is 0 Å². The molecule has 0 aliphatic heterocycles. The van der Waals surface area contributed by atoms with Crippen molar-refractivity contribution in [3.8, 4) is 6.07 Å². The Hall–Kier alpha value is -1.53. The largest absolute Gasteiger partial charge is 0.394 e. The molecule has 13 heavy (non-hydrogen) atoms. The number of nitrogens with zero attached hydrogens (tertiary/aromatic N) is 1. The maximum Gasteiger partial charge on any atom is 0.0991 e. The Labute approximate surface area is 77.6 Å². The molecule has 68 valence electrons. The van der Waals surface area contributed by atoms with Gasteiger partial charge >= 0.3 is 0 Å². The molecule has 1 unspecified atom stereocenters. The lowest BCUT2D eigenvalue weighted by Crippen LogP contribution is -2.19. The highest BCUT2D eigenvalue weighted by atomic mass is 16.3. The van der Waals surface area contributed by atoms with Crippen LogP contribution in [-0.4, -0.2) is 17.8 Å². The van der Waals surface area contributed by atoms with E-state index in [1.165, 1.54) is 0 Å². The van der Waals surface area contributed by atoms with Gasteiger partial charge in [0.05, 0.1) is 18.2 Å². The molecule has 1 rings (SSSR count). The molecule has 0 saturated carbocycles. The number of aliphatic hydroxyl groups excluding tert-OH is 1. The van der Waals surface area contributed by atoms with Crippen LogP contribution in [0.4, 0.5) is 5.69 Å². The van der Waals surface area contributed by atoms with E-state index < -0.39 is 0 Å². The predicted molar refractivity (Wildman–Crippen MR) is 51.3 cm³/mol. The molecular formula is C10H12N2O. The molecular weight excluding hydrogens is 164 g/mol. The highest BCUT2D eigenvalue weighted by Gasteiger charge is 1.98. The van der Waals surface area contributed by atoms with Gasteiger partial charge in [0.2, 0.25) is 0 Å². The van der Waals surface area contributed by atoms with Gasteiger partial charge in [-0.15, -0.1) is 0 Å². The van der Waals surface area contributed by atoms with Crippen LogP contribution in [0.1, 0.15) is 12.5 Å². The Kier molecular flexibility index (Phi) is 3.30. The zero-order chi connectivity index (χ0) is 9.68. The Morgan fingerprint density at radius 1 is 1.46 bits per heavy atom. The van der Waals surface area contributed by atoms with Gasteiger partial charge in [-0.2, -0.15) is 5.26 Å². The number of hydrogen-bond donors (Lipinski definition) is 2. The quantitative estimate of drug-likeness (QED) is 0.731. The van der Waals surface area contributed by atoms with Gasteiger partial charge in [0, 0.05) is 11.7 Å². The molecule has 1 aromatic rings. The first-order valence-corrected chi connectivity index (χ1v) is 4.14. The lowest BCUT2D eigenvalue weighted by molar-refractivity contribution is 0.281. The first kappa shape index (κ1) is 9.56. The number of rotatable bonds is 3. The van der Waals surface area contributed by atoms with E-state index in [4.69, 9.17) is 10.4 Å². The van der Waals surface area contributed by atoms with Gasteiger partial charge in [-0.1, -0.05) is 0 Å². The predicted octanol–water partition coefficient (Wildman–Crippen LogP) is 1.35. The Morgan fingerprint density at radius 3 is 2.54 bits per heavy atom. The summed E-state index contributed by atoms with van der Waals surface area (Å²) in [5.74, 6) is 0. The first-order chi connectivity index (χ1) is 6.26. The van der Waals surface area contributed by atoms with Gasteiger partial charge in [-0.3, -0.25) is 0 Å². The molecule has 2 N–H and O–H groups in total. The number of benzene rings is 1. The average Bonchev–Trinajstić information content (AvgIpc) is 2.19. The third kappa shape index (κ3) is 2.77. The maximum atomic E-state index is 8.78. The van der Waals surface area contributed by atoms with E-state index in [0.29, 0.717) is 5.56 Å². The summed E-state index contributed by atoms with van der Waals surface area (Å²) in [6, 6.07) is 9.21. The molecule has 0 heterocycles. The molecule has 0 spiro atoms. The lowest BCUT2D eigenvalue weighted by atomic mass is 10.2. The SMILES string of the molecule is CC(CO)Nc1ccc(C#N)cc1. The molecule has 1 atom stereocenters. The van der Waals surface area contributed by atoms with Gasteiger partial charge in [-0.05, 0) is 31.2 Å². The highest BCUT2D eigenvalue weighted by molar-refractivity contribution is 5.47. The number of nitriles is 1. The topological polar surface area (TPSA) is 56.0 Å². The van der Waals surface area contributed by atoms with Gasteiger partial charge in [0.1, 0.15) is 0 Å². The minimum absolute atomic E-state index is 0.0351. The fraction of sp³-hybridized carbons (Fsp3) is 0.300. The van der Waals surface area contributed by atoms with Crippen LogP contribution in [0.2, 0.25) is 0 Å². The van der Waals surface area contributed by atoms with Crippen molar-refractivity contribution in [1.29, 1.82) is 5.26 Å². The molecule has 0 saturated heterocycles. The van der Waals surface area contributed by atoms with Crippen molar-refractivity contribution in [3.05, 3.63) is 29.8 Å². The summed E-state index contributed by atoms with van der Waals surface area (Å²) in [6.07, 6.45) is 0. The van der Waals surface area contributed by atoms with Crippen LogP contribution >= 0.6 is 0 Å². The van der Waals surface area contributed by atoms with Crippen LogP contribution < -0.4 is 5.32 Å². The number of anilines is 1. The molecule has 0 aromatic heterocycles. The molecule has 0 aliphatic rings. The van der Waals surface area contributed by atoms with E-state index >= 15 is 0 Å². The first-order valence-electron chi connectivity index (χ1n) is 4.14. The molecule has 0 aliphatic carbocycles. The van der Waals surface area contributed by atoms with Crippen molar-refractivity contribution >= 4 is 5.69 Å². The van der Waals surface area contributed by atoms with Crippen LogP contribution in [0.15, 0.2) is 24.3 Å². The third-order valence-corrected chi connectivity index (χ3v) is 1.70. The second-order valence-electron chi connectivity index (χ2n) is 2.92. The van der Waals surface area contributed by atoms with Gasteiger partial charge in [0.25, 0.3) is 0 Å². The second-order valence-corrected chi connectivity index (χ2v) is 2.92. The van der Waals surface area contributed by atoms with Crippen molar-refractivity contribution in [2.75, 3.05) is 11.9 Å². The second kappa shape index (κ2) is 4.48. The third-order valence-electron chi connectivity index (χ3n) is 1.70. The molecule has 0 fully saturated rings. The summed E-state index contributed by atoms with van der Waals surface area (Å²) < 4.78 is 0. The Morgan fingerprint density at radius 2 is 2.08 bits per heavy atom. The van der Waals surface area contributed by atoms with E-state index in [2.05, 4.69) is 5.32 Å². The normalized spacial score (nSPS) is 11.8. The van der Waals surface area contributed by atoms with Crippen LogP contribution in [-0.2, 0) is 0 Å². The van der Waals surface area contributed by atoms with Crippen molar-refractivity contribution in [3.63, 3.8) is 0 Å². The van der Waals surface area contributed by atoms with E-state index in [1.54, 1.807) is 12.1 Å². The molecule has 0 amide bonds. The van der Waals surface area contributed by atoms with Crippen molar-refractivity contribution < 1.29 is 5.11 Å². The highest BCUT2D eigenvalue weighted by Crippen LogP contribution is 2.09. The number of hydrogen-bond acceptors (Lipinski definition) is 3. The molecule has 3 heteroatoms. The molecule has 3 nitrogen and oxygen atoms in total. The van der Waals surface area contributed by atoms with Crippen molar-refractivity contribution in [2.45, 2.75) is 13.0 Å². The summed E-state index contributed by atoms with van der Waals surface area (Å²) >= 11 is 0. The standard InChI is InChI=1S/C10H12N2O/c1-8(7-13)12-10-4-2-9(6-11)3-5-10/h2-5,8,12-13H,7H2,1H3. The monoisotopic (exact) mass is 176 g/mol. The van der Waals surface area contributed by atoms with E-state index in [9.17, 15) is 0 Å². The lowest BCUT2D eigenvalue weighted by Gasteiger charge is -2.11. The fourth-order valence-corrected chi connectivity index (χ4v) is 0.971. The van der Waals surface area contributed by atoms with Gasteiger partial charge in [0.15, 0.2) is 0 Å². The van der Waals surface area contributed by atoms with E-state index in [-0.39, 0.29) is 12.6 Å². The van der Waals surface area contributed by atoms with Crippen LogP contribution in [0, 0.1) is 11.3 Å². The minimum atomic E-state index is 0.0351. The maximum absolute atomic E-state index is 8.78. The summed E-state index contributed by atoms with van der Waals surface area (Å²) in [4.78, 5) is 0. The van der Waals surface area contributed by atoms with Gasteiger partial charge < -0.3 is 10.4 Å². The summed E-state index contributed by atoms with van der Waals surface area (Å²) in [6.45, 7) is 1.98. The van der Waals surface area contributed by atoms with Crippen LogP contribution in [0.3, 0.4) is 0 Å².